The number of sulfonamides is 1. The Balaban J connectivity index is 2.15. The molecule has 2 amide bonds. The van der Waals surface area contributed by atoms with Crippen molar-refractivity contribution in [1.29, 1.82) is 0 Å². The summed E-state index contributed by atoms with van der Waals surface area (Å²) in [7, 11) is -2.53. The fourth-order valence-corrected chi connectivity index (χ4v) is 5.80. The number of methoxy groups -OCH3 is 1. The van der Waals surface area contributed by atoms with Gasteiger partial charge in [-0.05, 0) is 55.7 Å². The van der Waals surface area contributed by atoms with Gasteiger partial charge in [0.1, 0.15) is 18.3 Å². The number of halogens is 2. The van der Waals surface area contributed by atoms with Crippen LogP contribution in [0.3, 0.4) is 0 Å². The number of anilines is 1. The molecule has 0 spiro atoms. The molecule has 0 fully saturated rings. The molecule has 0 aliphatic heterocycles. The van der Waals surface area contributed by atoms with Gasteiger partial charge in [-0.15, -0.1) is 0 Å². The largest absolute Gasteiger partial charge is 0.495 e. The average Bonchev–Trinajstić information content (AvgIpc) is 2.94. The van der Waals surface area contributed by atoms with Crippen molar-refractivity contribution in [3.05, 3.63) is 93.5 Å². The summed E-state index contributed by atoms with van der Waals surface area (Å²) >= 11 is 13.0. The van der Waals surface area contributed by atoms with E-state index in [1.165, 1.54) is 12.0 Å². The molecular formula is C31H37Cl2N3O5S. The van der Waals surface area contributed by atoms with Crippen LogP contribution in [-0.4, -0.2) is 57.1 Å². The lowest BCUT2D eigenvalue weighted by molar-refractivity contribution is -0.140. The van der Waals surface area contributed by atoms with Crippen LogP contribution < -0.4 is 14.4 Å². The highest BCUT2D eigenvalue weighted by atomic mass is 35.5. The lowest BCUT2D eigenvalue weighted by Crippen LogP contribution is -2.54. The predicted molar refractivity (Wildman–Crippen MR) is 169 cm³/mol. The molecule has 226 valence electrons. The third-order valence-corrected chi connectivity index (χ3v) is 8.78. The maximum absolute atomic E-state index is 14.3. The number of amides is 2. The number of hydrogen-bond donors (Lipinski definition) is 1. The van der Waals surface area contributed by atoms with Crippen molar-refractivity contribution < 1.29 is 22.7 Å². The molecule has 0 radical (unpaired) electrons. The molecule has 3 aromatic rings. The van der Waals surface area contributed by atoms with Gasteiger partial charge in [0, 0.05) is 34.6 Å². The minimum Gasteiger partial charge on any atom is -0.495 e. The van der Waals surface area contributed by atoms with Gasteiger partial charge in [0.05, 0.1) is 19.1 Å². The molecule has 0 aromatic heterocycles. The molecule has 8 nitrogen and oxygen atoms in total. The van der Waals surface area contributed by atoms with Gasteiger partial charge in [-0.2, -0.15) is 0 Å². The van der Waals surface area contributed by atoms with Gasteiger partial charge in [-0.3, -0.25) is 13.9 Å². The Bertz CT molecular complexity index is 1480. The van der Waals surface area contributed by atoms with Crippen molar-refractivity contribution in [2.24, 2.45) is 0 Å². The summed E-state index contributed by atoms with van der Waals surface area (Å²) in [6.07, 6.45) is 1.89. The molecule has 0 unspecified atom stereocenters. The Morgan fingerprint density at radius 2 is 1.64 bits per heavy atom. The predicted octanol–water partition coefficient (Wildman–Crippen LogP) is 5.63. The fraction of sp³-hybridized carbons (Fsp3) is 0.355. The molecule has 0 bridgehead atoms. The van der Waals surface area contributed by atoms with E-state index in [2.05, 4.69) is 5.32 Å². The highest BCUT2D eigenvalue weighted by Gasteiger charge is 2.34. The number of ether oxygens (including phenoxy) is 1. The first-order valence-electron chi connectivity index (χ1n) is 13.5. The normalized spacial score (nSPS) is 12.7. The van der Waals surface area contributed by atoms with E-state index in [0.29, 0.717) is 22.0 Å². The van der Waals surface area contributed by atoms with Crippen LogP contribution in [0.15, 0.2) is 66.7 Å². The van der Waals surface area contributed by atoms with Gasteiger partial charge in [-0.1, -0.05) is 72.6 Å². The van der Waals surface area contributed by atoms with E-state index < -0.39 is 28.5 Å². The molecule has 0 saturated carbocycles. The second-order valence-electron chi connectivity index (χ2n) is 10.2. The maximum Gasteiger partial charge on any atom is 0.244 e. The Hall–Kier alpha value is -3.27. The summed E-state index contributed by atoms with van der Waals surface area (Å²) in [5.41, 5.74) is 2.27. The van der Waals surface area contributed by atoms with E-state index in [0.717, 1.165) is 21.7 Å². The van der Waals surface area contributed by atoms with Gasteiger partial charge in [0.25, 0.3) is 0 Å². The smallest absolute Gasteiger partial charge is 0.244 e. The third kappa shape index (κ3) is 8.63. The number of carbonyl (C=O) groups excluding carboxylic acids is 2. The summed E-state index contributed by atoms with van der Waals surface area (Å²) in [6.45, 7) is 4.94. The first-order valence-corrected chi connectivity index (χ1v) is 16.1. The first kappa shape index (κ1) is 33.2. The molecule has 3 rings (SSSR count). The zero-order valence-electron chi connectivity index (χ0n) is 24.4. The molecular weight excluding hydrogens is 597 g/mol. The summed E-state index contributed by atoms with van der Waals surface area (Å²) < 4.78 is 32.6. The molecule has 42 heavy (non-hydrogen) atoms. The molecule has 11 heteroatoms. The highest BCUT2D eigenvalue weighted by molar-refractivity contribution is 7.92. The Kier molecular flexibility index (Phi) is 11.7. The molecule has 0 aliphatic rings. The van der Waals surface area contributed by atoms with Crippen LogP contribution in [0.1, 0.15) is 37.0 Å². The Morgan fingerprint density at radius 3 is 2.21 bits per heavy atom. The summed E-state index contributed by atoms with van der Waals surface area (Å²) in [5, 5.41) is 3.63. The van der Waals surface area contributed by atoms with Crippen molar-refractivity contribution in [3.8, 4) is 5.75 Å². The Labute approximate surface area is 258 Å². The van der Waals surface area contributed by atoms with Crippen LogP contribution in [0.2, 0.25) is 10.0 Å². The van der Waals surface area contributed by atoms with Crippen molar-refractivity contribution >= 4 is 50.7 Å². The lowest BCUT2D eigenvalue weighted by Gasteiger charge is -2.34. The van der Waals surface area contributed by atoms with E-state index in [9.17, 15) is 18.0 Å². The molecule has 3 aromatic carbocycles. The lowest BCUT2D eigenvalue weighted by atomic mass is 10.0. The quantitative estimate of drug-likeness (QED) is 0.263. The van der Waals surface area contributed by atoms with E-state index in [4.69, 9.17) is 27.9 Å². The number of benzene rings is 3. The monoisotopic (exact) mass is 633 g/mol. The van der Waals surface area contributed by atoms with Gasteiger partial charge in [0.2, 0.25) is 21.8 Å². The summed E-state index contributed by atoms with van der Waals surface area (Å²) in [5.74, 6) is -0.696. The number of rotatable bonds is 13. The topological polar surface area (TPSA) is 96.0 Å². The summed E-state index contributed by atoms with van der Waals surface area (Å²) in [6, 6.07) is 18.2. The molecule has 0 heterocycles. The van der Waals surface area contributed by atoms with Crippen LogP contribution in [-0.2, 0) is 32.6 Å². The minimum absolute atomic E-state index is 0.120. The standard InChI is InChI=1S/C31H37Cl2N3O5S/c1-6-22(3)34-31(38)28(18-23-11-8-7-9-12-23)35(19-24-25(32)13-10-14-26(24)33)30(37)20-36(42(5,39)40)27-17-21(2)15-16-29(27)41-4/h7-17,22,28H,6,18-20H2,1-5H3,(H,34,38)/t22-,28+/m0/s1. The highest BCUT2D eigenvalue weighted by Crippen LogP contribution is 2.32. The maximum atomic E-state index is 14.3. The number of nitrogens with one attached hydrogen (secondary N) is 1. The number of carbonyl (C=O) groups is 2. The van der Waals surface area contributed by atoms with E-state index in [1.54, 1.807) is 36.4 Å². The van der Waals surface area contributed by atoms with Gasteiger partial charge in [-0.25, -0.2) is 8.42 Å². The average molecular weight is 635 g/mol. The van der Waals surface area contributed by atoms with E-state index in [-0.39, 0.29) is 36.4 Å². The van der Waals surface area contributed by atoms with Gasteiger partial charge < -0.3 is 15.0 Å². The Morgan fingerprint density at radius 1 is 1.00 bits per heavy atom. The van der Waals surface area contributed by atoms with E-state index >= 15 is 0 Å². The minimum atomic E-state index is -3.96. The van der Waals surface area contributed by atoms with Crippen LogP contribution in [0.4, 0.5) is 5.69 Å². The SMILES string of the molecule is CC[C@H](C)NC(=O)[C@@H](Cc1ccccc1)N(Cc1c(Cl)cccc1Cl)C(=O)CN(c1cc(C)ccc1OC)S(C)(=O)=O. The van der Waals surface area contributed by atoms with E-state index in [1.807, 2.05) is 51.1 Å². The van der Waals surface area contributed by atoms with Crippen molar-refractivity contribution in [1.82, 2.24) is 10.2 Å². The molecule has 2 atom stereocenters. The second-order valence-corrected chi connectivity index (χ2v) is 12.9. The van der Waals surface area contributed by atoms with Crippen LogP contribution in [0.5, 0.6) is 5.75 Å². The third-order valence-electron chi connectivity index (χ3n) is 6.94. The fourth-order valence-electron chi connectivity index (χ4n) is 4.44. The molecule has 0 saturated heterocycles. The number of aryl methyl sites for hydroxylation is 1. The first-order chi connectivity index (χ1) is 19.8. The molecule has 0 aliphatic carbocycles. The number of nitrogens with zero attached hydrogens (tertiary/aromatic N) is 2. The number of hydrogen-bond acceptors (Lipinski definition) is 5. The van der Waals surface area contributed by atoms with Gasteiger partial charge >= 0.3 is 0 Å². The van der Waals surface area contributed by atoms with Crippen molar-refractivity contribution in [3.63, 3.8) is 0 Å². The second kappa shape index (κ2) is 14.8. The zero-order chi connectivity index (χ0) is 31.0. The van der Waals surface area contributed by atoms with Crippen LogP contribution in [0, 0.1) is 6.92 Å². The van der Waals surface area contributed by atoms with Crippen molar-refractivity contribution in [2.45, 2.75) is 52.2 Å². The van der Waals surface area contributed by atoms with Gasteiger partial charge in [0.15, 0.2) is 0 Å². The van der Waals surface area contributed by atoms with Crippen molar-refractivity contribution in [2.75, 3.05) is 24.2 Å². The van der Waals surface area contributed by atoms with Crippen LogP contribution in [0.25, 0.3) is 0 Å². The summed E-state index contributed by atoms with van der Waals surface area (Å²) in [4.78, 5) is 29.4. The molecule has 1 N–H and O–H groups in total. The zero-order valence-corrected chi connectivity index (χ0v) is 26.8. The van der Waals surface area contributed by atoms with Crippen LogP contribution >= 0.6 is 23.2 Å².